The Morgan fingerprint density at radius 2 is 1.92 bits per heavy atom. The van der Waals surface area contributed by atoms with E-state index in [0.717, 1.165) is 11.1 Å². The van der Waals surface area contributed by atoms with Crippen molar-refractivity contribution in [3.05, 3.63) is 53.3 Å². The molecule has 0 saturated carbocycles. The third kappa shape index (κ3) is 4.50. The van der Waals surface area contributed by atoms with Crippen LogP contribution < -0.4 is 10.1 Å². The molecule has 1 aromatic heterocycles. The minimum atomic E-state index is -0.269. The van der Waals surface area contributed by atoms with E-state index >= 15 is 0 Å². The first kappa shape index (κ1) is 19.2. The van der Waals surface area contributed by atoms with Crippen LogP contribution in [0.1, 0.15) is 21.5 Å². The van der Waals surface area contributed by atoms with E-state index in [2.05, 4.69) is 10.3 Å². The number of carbonyl (C=O) groups is 2. The van der Waals surface area contributed by atoms with Crippen LogP contribution in [0.5, 0.6) is 5.75 Å². The first-order chi connectivity index (χ1) is 12.3. The second-order valence-electron chi connectivity index (χ2n) is 6.20. The van der Waals surface area contributed by atoms with Crippen LogP contribution in [0.4, 0.5) is 10.5 Å². The van der Waals surface area contributed by atoms with Crippen molar-refractivity contribution in [3.8, 4) is 5.75 Å². The minimum absolute atomic E-state index is 0.196. The summed E-state index contributed by atoms with van der Waals surface area (Å²) in [4.78, 5) is 31.8. The third-order valence-electron chi connectivity index (χ3n) is 3.98. The van der Waals surface area contributed by atoms with Gasteiger partial charge in [0.1, 0.15) is 5.75 Å². The number of hydrogen-bond donors (Lipinski definition) is 1. The number of hydrogen-bond acceptors (Lipinski definition) is 4. The monoisotopic (exact) mass is 356 g/mol. The first-order valence-corrected chi connectivity index (χ1v) is 8.14. The molecule has 3 amide bonds. The number of urea groups is 1. The molecule has 0 aliphatic rings. The normalized spacial score (nSPS) is 10.2. The summed E-state index contributed by atoms with van der Waals surface area (Å²) in [6.45, 7) is 2.41. The van der Waals surface area contributed by atoms with Gasteiger partial charge in [0, 0.05) is 45.8 Å². The van der Waals surface area contributed by atoms with Gasteiger partial charge in [-0.25, -0.2) is 4.79 Å². The zero-order chi connectivity index (χ0) is 19.3. The van der Waals surface area contributed by atoms with Crippen LogP contribution in [0.2, 0.25) is 0 Å². The first-order valence-electron chi connectivity index (χ1n) is 8.14. The van der Waals surface area contributed by atoms with Gasteiger partial charge in [0.05, 0.1) is 12.7 Å². The van der Waals surface area contributed by atoms with Crippen molar-refractivity contribution in [3.63, 3.8) is 0 Å². The summed E-state index contributed by atoms with van der Waals surface area (Å²) >= 11 is 0. The van der Waals surface area contributed by atoms with Gasteiger partial charge in [-0.1, -0.05) is 0 Å². The molecule has 0 aliphatic heterocycles. The fourth-order valence-corrected chi connectivity index (χ4v) is 2.42. The highest BCUT2D eigenvalue weighted by Gasteiger charge is 2.17. The molecule has 0 bridgehead atoms. The summed E-state index contributed by atoms with van der Waals surface area (Å²) in [6.07, 6.45) is 3.47. The van der Waals surface area contributed by atoms with Crippen LogP contribution in [0.15, 0.2) is 36.7 Å². The topological polar surface area (TPSA) is 74.8 Å². The van der Waals surface area contributed by atoms with Gasteiger partial charge in [0.25, 0.3) is 5.91 Å². The van der Waals surface area contributed by atoms with Crippen LogP contribution in [-0.2, 0) is 6.54 Å². The number of nitrogens with zero attached hydrogens (tertiary/aromatic N) is 3. The average Bonchev–Trinajstić information content (AvgIpc) is 2.62. The maximum atomic E-state index is 12.5. The summed E-state index contributed by atoms with van der Waals surface area (Å²) in [6, 6.07) is 6.61. The molecular weight excluding hydrogens is 332 g/mol. The number of aromatic nitrogens is 1. The van der Waals surface area contributed by atoms with Gasteiger partial charge in [0.15, 0.2) is 0 Å². The van der Waals surface area contributed by atoms with E-state index in [-0.39, 0.29) is 11.9 Å². The van der Waals surface area contributed by atoms with E-state index in [1.165, 1.54) is 12.0 Å². The van der Waals surface area contributed by atoms with Gasteiger partial charge in [-0.15, -0.1) is 0 Å². The fraction of sp³-hybridized carbons (Fsp3) is 0.316. The zero-order valence-electron chi connectivity index (χ0n) is 15.7. The number of nitrogens with one attached hydrogen (secondary N) is 1. The average molecular weight is 356 g/mol. The molecule has 2 aromatic rings. The molecule has 0 aliphatic carbocycles. The van der Waals surface area contributed by atoms with Gasteiger partial charge in [-0.05, 0) is 42.3 Å². The predicted octanol–water partition coefficient (Wildman–Crippen LogP) is 2.76. The van der Waals surface area contributed by atoms with Crippen molar-refractivity contribution in [2.45, 2.75) is 13.5 Å². The summed E-state index contributed by atoms with van der Waals surface area (Å²) in [5.41, 5.74) is 2.97. The van der Waals surface area contributed by atoms with E-state index < -0.39 is 0 Å². The highest BCUT2D eigenvalue weighted by molar-refractivity contribution is 5.99. The zero-order valence-corrected chi connectivity index (χ0v) is 15.7. The number of aryl methyl sites for hydroxylation is 1. The molecule has 1 heterocycles. The second kappa shape index (κ2) is 8.33. The molecule has 2 rings (SSSR count). The van der Waals surface area contributed by atoms with E-state index in [1.807, 2.05) is 13.0 Å². The molecule has 7 nitrogen and oxygen atoms in total. The number of methoxy groups -OCH3 is 1. The lowest BCUT2D eigenvalue weighted by Gasteiger charge is -2.20. The largest absolute Gasteiger partial charge is 0.496 e. The Labute approximate surface area is 153 Å². The molecular formula is C19H24N4O3. The molecule has 26 heavy (non-hydrogen) atoms. The van der Waals surface area contributed by atoms with Crippen molar-refractivity contribution in [2.24, 2.45) is 0 Å². The van der Waals surface area contributed by atoms with Crippen molar-refractivity contribution in [1.82, 2.24) is 14.8 Å². The van der Waals surface area contributed by atoms with Crippen LogP contribution in [0, 0.1) is 6.92 Å². The van der Waals surface area contributed by atoms with Crippen LogP contribution in [-0.4, -0.2) is 55.0 Å². The van der Waals surface area contributed by atoms with Crippen molar-refractivity contribution < 1.29 is 14.3 Å². The molecule has 0 saturated heterocycles. The van der Waals surface area contributed by atoms with Crippen LogP contribution >= 0.6 is 0 Å². The van der Waals surface area contributed by atoms with Gasteiger partial charge in [0.2, 0.25) is 0 Å². The van der Waals surface area contributed by atoms with E-state index in [9.17, 15) is 9.59 Å². The van der Waals surface area contributed by atoms with E-state index in [1.54, 1.807) is 56.6 Å². The Morgan fingerprint density at radius 3 is 2.54 bits per heavy atom. The molecule has 0 radical (unpaired) electrons. The standard InChI is InChI=1S/C19H24N4O3/c1-13-11-20-9-8-14(13)12-23(4)19(25)21-15-6-7-17(26-5)16(10-15)18(24)22(2)3/h6-11H,12H2,1-5H3,(H,21,25). The molecule has 1 N–H and O–H groups in total. The van der Waals surface area contributed by atoms with Crippen molar-refractivity contribution in [2.75, 3.05) is 33.6 Å². The van der Waals surface area contributed by atoms with Crippen molar-refractivity contribution >= 4 is 17.6 Å². The smallest absolute Gasteiger partial charge is 0.321 e. The SMILES string of the molecule is COc1ccc(NC(=O)N(C)Cc2ccncc2C)cc1C(=O)N(C)C. The number of anilines is 1. The lowest BCUT2D eigenvalue weighted by atomic mass is 10.1. The highest BCUT2D eigenvalue weighted by Crippen LogP contribution is 2.24. The Hall–Kier alpha value is -3.09. The lowest BCUT2D eigenvalue weighted by Crippen LogP contribution is -2.31. The van der Waals surface area contributed by atoms with Crippen LogP contribution in [0.25, 0.3) is 0 Å². The summed E-state index contributed by atoms with van der Waals surface area (Å²) in [7, 11) is 6.55. The summed E-state index contributed by atoms with van der Waals surface area (Å²) in [5, 5.41) is 2.81. The molecule has 138 valence electrons. The Morgan fingerprint density at radius 1 is 1.19 bits per heavy atom. The lowest BCUT2D eigenvalue weighted by molar-refractivity contribution is 0.0824. The molecule has 0 unspecified atom stereocenters. The Balaban J connectivity index is 2.14. The number of rotatable bonds is 5. The number of benzene rings is 1. The second-order valence-corrected chi connectivity index (χ2v) is 6.20. The highest BCUT2D eigenvalue weighted by atomic mass is 16.5. The summed E-state index contributed by atoms with van der Waals surface area (Å²) in [5.74, 6) is 0.265. The van der Waals surface area contributed by atoms with E-state index in [4.69, 9.17) is 4.74 Å². The molecule has 0 spiro atoms. The molecule has 0 fully saturated rings. The van der Waals surface area contributed by atoms with Gasteiger partial charge in [-0.3, -0.25) is 9.78 Å². The maximum Gasteiger partial charge on any atom is 0.321 e. The molecule has 1 aromatic carbocycles. The third-order valence-corrected chi connectivity index (χ3v) is 3.98. The Kier molecular flexibility index (Phi) is 6.16. The van der Waals surface area contributed by atoms with Gasteiger partial charge >= 0.3 is 6.03 Å². The number of amides is 3. The predicted molar refractivity (Wildman–Crippen MR) is 100 cm³/mol. The number of carbonyl (C=O) groups excluding carboxylic acids is 2. The quantitative estimate of drug-likeness (QED) is 0.894. The molecule has 7 heteroatoms. The molecule has 0 atom stereocenters. The fourth-order valence-electron chi connectivity index (χ4n) is 2.42. The summed E-state index contributed by atoms with van der Waals surface area (Å²) < 4.78 is 5.24. The number of pyridine rings is 1. The van der Waals surface area contributed by atoms with Gasteiger partial charge < -0.3 is 19.9 Å². The van der Waals surface area contributed by atoms with Gasteiger partial charge in [-0.2, -0.15) is 0 Å². The number of ether oxygens (including phenoxy) is 1. The maximum absolute atomic E-state index is 12.5. The van der Waals surface area contributed by atoms with Crippen molar-refractivity contribution in [1.29, 1.82) is 0 Å². The van der Waals surface area contributed by atoms with Crippen LogP contribution in [0.3, 0.4) is 0 Å². The van der Waals surface area contributed by atoms with E-state index in [0.29, 0.717) is 23.5 Å². The Bertz CT molecular complexity index is 805. The minimum Gasteiger partial charge on any atom is -0.496 e.